The van der Waals surface area contributed by atoms with Gasteiger partial charge in [-0.1, -0.05) is 111 Å². The van der Waals surface area contributed by atoms with E-state index in [2.05, 4.69) is 50.9 Å². The molecular formula is C33H24Br2Cl2F2. The quantitative estimate of drug-likeness (QED) is 0.200. The van der Waals surface area contributed by atoms with Crippen LogP contribution in [0.2, 0.25) is 10.0 Å². The van der Waals surface area contributed by atoms with E-state index >= 15 is 8.78 Å². The maximum absolute atomic E-state index is 15.6. The summed E-state index contributed by atoms with van der Waals surface area (Å²) in [5.74, 6) is -1.50. The molecule has 0 aliphatic heterocycles. The van der Waals surface area contributed by atoms with Crippen LogP contribution in [-0.4, -0.2) is 0 Å². The van der Waals surface area contributed by atoms with E-state index in [0.29, 0.717) is 21.2 Å². The number of rotatable bonds is 4. The van der Waals surface area contributed by atoms with E-state index < -0.39 is 17.0 Å². The Morgan fingerprint density at radius 1 is 0.692 bits per heavy atom. The van der Waals surface area contributed by atoms with Gasteiger partial charge < -0.3 is 0 Å². The first-order valence-electron chi connectivity index (χ1n) is 12.4. The average molecular weight is 689 g/mol. The zero-order chi connectivity index (χ0) is 28.1. The minimum absolute atomic E-state index is 0.0661. The summed E-state index contributed by atoms with van der Waals surface area (Å²) in [6, 6.07) is 25.3. The molecule has 2 atom stereocenters. The van der Waals surface area contributed by atoms with E-state index in [9.17, 15) is 0 Å². The average Bonchev–Trinajstić information content (AvgIpc) is 2.90. The van der Waals surface area contributed by atoms with Gasteiger partial charge in [0.15, 0.2) is 0 Å². The Labute approximate surface area is 254 Å². The highest BCUT2D eigenvalue weighted by Crippen LogP contribution is 2.61. The molecule has 0 fully saturated rings. The molecule has 0 radical (unpaired) electrons. The van der Waals surface area contributed by atoms with Crippen LogP contribution in [-0.2, 0) is 5.41 Å². The summed E-state index contributed by atoms with van der Waals surface area (Å²) in [5, 5.41) is 0.953. The summed E-state index contributed by atoms with van der Waals surface area (Å²) >= 11 is 21.3. The number of hydrogen-bond acceptors (Lipinski definition) is 0. The van der Waals surface area contributed by atoms with Crippen molar-refractivity contribution < 1.29 is 8.78 Å². The highest BCUT2D eigenvalue weighted by atomic mass is 79.9. The molecule has 0 spiro atoms. The maximum Gasteiger partial charge on any atom is 0.133 e. The first-order chi connectivity index (χ1) is 18.6. The van der Waals surface area contributed by atoms with Gasteiger partial charge in [-0.05, 0) is 89.6 Å². The Balaban J connectivity index is 2.06. The van der Waals surface area contributed by atoms with Gasteiger partial charge >= 0.3 is 0 Å². The van der Waals surface area contributed by atoms with Gasteiger partial charge in [-0.3, -0.25) is 0 Å². The molecule has 4 aromatic carbocycles. The van der Waals surface area contributed by atoms with Gasteiger partial charge in [-0.15, -0.1) is 0 Å². The minimum Gasteiger partial charge on any atom is -0.206 e. The van der Waals surface area contributed by atoms with Crippen molar-refractivity contribution in [1.29, 1.82) is 0 Å². The lowest BCUT2D eigenvalue weighted by Gasteiger charge is -2.48. The maximum atomic E-state index is 15.6. The van der Waals surface area contributed by atoms with Crippen LogP contribution >= 0.6 is 55.1 Å². The SMILES string of the molecule is CC1=C(c2c(Cl)cccc2Cl)C(C)C(c2ccccc2)(c2c(Br)cccc2Br)C(C)=C1c1c(F)cccc1F. The van der Waals surface area contributed by atoms with Crippen LogP contribution in [0.25, 0.3) is 11.1 Å². The van der Waals surface area contributed by atoms with E-state index in [0.717, 1.165) is 36.8 Å². The molecule has 0 saturated carbocycles. The van der Waals surface area contributed by atoms with Crippen LogP contribution in [0.1, 0.15) is 43.0 Å². The van der Waals surface area contributed by atoms with E-state index in [1.807, 2.05) is 50.2 Å². The van der Waals surface area contributed by atoms with Crippen LogP contribution in [0.5, 0.6) is 0 Å². The molecule has 6 heteroatoms. The second-order valence-electron chi connectivity index (χ2n) is 9.72. The highest BCUT2D eigenvalue weighted by molar-refractivity contribution is 9.11. The zero-order valence-electron chi connectivity index (χ0n) is 21.4. The molecule has 0 nitrogen and oxygen atoms in total. The monoisotopic (exact) mass is 686 g/mol. The van der Waals surface area contributed by atoms with Gasteiger partial charge in [0.1, 0.15) is 11.6 Å². The first kappa shape index (κ1) is 28.3. The van der Waals surface area contributed by atoms with Gasteiger partial charge in [-0.25, -0.2) is 8.78 Å². The van der Waals surface area contributed by atoms with E-state index in [4.69, 9.17) is 23.2 Å². The van der Waals surface area contributed by atoms with Crippen molar-refractivity contribution in [3.05, 3.63) is 149 Å². The van der Waals surface area contributed by atoms with E-state index in [1.54, 1.807) is 18.2 Å². The van der Waals surface area contributed by atoms with Gasteiger partial charge in [-0.2, -0.15) is 0 Å². The van der Waals surface area contributed by atoms with Gasteiger partial charge in [0.25, 0.3) is 0 Å². The van der Waals surface area contributed by atoms with Crippen molar-refractivity contribution in [2.75, 3.05) is 0 Å². The lowest BCUT2D eigenvalue weighted by molar-refractivity contribution is 0.473. The van der Waals surface area contributed by atoms with Crippen LogP contribution in [0.15, 0.2) is 105 Å². The third kappa shape index (κ3) is 4.44. The Bertz CT molecular complexity index is 1600. The van der Waals surface area contributed by atoms with Crippen molar-refractivity contribution in [2.45, 2.75) is 26.2 Å². The molecule has 2 unspecified atom stereocenters. The number of allylic oxidation sites excluding steroid dienone is 4. The Morgan fingerprint density at radius 3 is 1.77 bits per heavy atom. The smallest absolute Gasteiger partial charge is 0.133 e. The standard InChI is InChI=1S/C33H24Br2Cl2F2/c1-18-28(30-24(36)14-8-15-25(30)37)19(2)33(21-10-5-4-6-11-21,32-22(34)12-7-13-23(32)35)20(3)29(18)31-26(38)16-9-17-27(31)39/h4-17,19H,1-3H3. The molecule has 1 aliphatic rings. The summed E-state index contributed by atoms with van der Waals surface area (Å²) < 4.78 is 33.0. The molecule has 0 aromatic heterocycles. The summed E-state index contributed by atoms with van der Waals surface area (Å²) in [6.07, 6.45) is 0. The number of benzene rings is 4. The second kappa shape index (κ2) is 11.0. The Kier molecular flexibility index (Phi) is 7.96. The fourth-order valence-corrected chi connectivity index (χ4v) is 8.57. The van der Waals surface area contributed by atoms with E-state index in [-0.39, 0.29) is 11.5 Å². The van der Waals surface area contributed by atoms with Crippen molar-refractivity contribution in [1.82, 2.24) is 0 Å². The van der Waals surface area contributed by atoms with Crippen LogP contribution < -0.4 is 0 Å². The molecule has 4 aromatic rings. The second-order valence-corrected chi connectivity index (χ2v) is 12.2. The van der Waals surface area contributed by atoms with Crippen molar-refractivity contribution in [3.63, 3.8) is 0 Å². The Hall–Kier alpha value is -2.24. The van der Waals surface area contributed by atoms with Gasteiger partial charge in [0.05, 0.1) is 11.0 Å². The predicted octanol–water partition coefficient (Wildman–Crippen LogP) is 11.7. The molecule has 39 heavy (non-hydrogen) atoms. The summed E-state index contributed by atoms with van der Waals surface area (Å²) in [5.41, 5.74) is 4.55. The van der Waals surface area contributed by atoms with E-state index in [1.165, 1.54) is 18.2 Å². The summed E-state index contributed by atoms with van der Waals surface area (Å²) in [4.78, 5) is 0. The third-order valence-corrected chi connectivity index (χ3v) is 9.81. The summed E-state index contributed by atoms with van der Waals surface area (Å²) in [7, 11) is 0. The molecular weight excluding hydrogens is 665 g/mol. The molecule has 0 saturated heterocycles. The fraction of sp³-hybridized carbons (Fsp3) is 0.152. The molecule has 5 rings (SSSR count). The predicted molar refractivity (Wildman–Crippen MR) is 166 cm³/mol. The minimum atomic E-state index is -0.860. The largest absolute Gasteiger partial charge is 0.206 e. The van der Waals surface area contributed by atoms with Gasteiger partial charge in [0, 0.05) is 24.6 Å². The van der Waals surface area contributed by atoms with Crippen molar-refractivity contribution in [2.24, 2.45) is 5.92 Å². The molecule has 198 valence electrons. The van der Waals surface area contributed by atoms with Crippen LogP contribution in [0, 0.1) is 17.6 Å². The molecule has 1 aliphatic carbocycles. The van der Waals surface area contributed by atoms with Crippen LogP contribution in [0.3, 0.4) is 0 Å². The zero-order valence-corrected chi connectivity index (χ0v) is 26.1. The van der Waals surface area contributed by atoms with Crippen molar-refractivity contribution >= 4 is 66.2 Å². The molecule has 0 amide bonds. The fourth-order valence-electron chi connectivity index (χ4n) is 6.34. The molecule has 0 N–H and O–H groups in total. The Morgan fingerprint density at radius 2 is 1.21 bits per heavy atom. The van der Waals surface area contributed by atoms with Crippen LogP contribution in [0.4, 0.5) is 8.78 Å². The molecule has 0 heterocycles. The number of hydrogen-bond donors (Lipinski definition) is 0. The van der Waals surface area contributed by atoms with Crippen molar-refractivity contribution in [3.8, 4) is 0 Å². The van der Waals surface area contributed by atoms with Gasteiger partial charge in [0.2, 0.25) is 0 Å². The first-order valence-corrected chi connectivity index (χ1v) is 14.8. The topological polar surface area (TPSA) is 0 Å². The normalized spacial score (nSPS) is 19.6. The summed E-state index contributed by atoms with van der Waals surface area (Å²) in [6.45, 7) is 6.01. The lowest BCUT2D eigenvalue weighted by Crippen LogP contribution is -2.41. The number of halogens is 6. The third-order valence-electron chi connectivity index (χ3n) is 7.86. The lowest BCUT2D eigenvalue weighted by atomic mass is 9.54. The highest BCUT2D eigenvalue weighted by Gasteiger charge is 2.50. The molecule has 0 bridgehead atoms.